The number of aromatic nitrogens is 1. The predicted octanol–water partition coefficient (Wildman–Crippen LogP) is 2.40. The third kappa shape index (κ3) is 3.03. The Morgan fingerprint density at radius 1 is 1.45 bits per heavy atom. The molecule has 0 radical (unpaired) electrons. The summed E-state index contributed by atoms with van der Waals surface area (Å²) in [5.41, 5.74) is 6.70. The fourth-order valence-electron chi connectivity index (χ4n) is 1.76. The first-order chi connectivity index (χ1) is 10.6. The molecule has 110 valence electrons. The largest absolute Gasteiger partial charge is 0.468 e. The van der Waals surface area contributed by atoms with Gasteiger partial charge in [-0.25, -0.2) is 4.98 Å². The molecular formula is C14H10N4O2S2. The number of methoxy groups -OCH3 is 1. The minimum atomic E-state index is -0.434. The van der Waals surface area contributed by atoms with Crippen LogP contribution in [0.4, 0.5) is 5.82 Å². The molecule has 0 unspecified atom stereocenters. The number of hydrogen-bond donors (Lipinski definition) is 1. The maximum Gasteiger partial charge on any atom is 0.316 e. The van der Waals surface area contributed by atoms with Crippen molar-refractivity contribution >= 4 is 34.9 Å². The minimum absolute atomic E-state index is 0.00734. The first-order valence-electron chi connectivity index (χ1n) is 5.99. The van der Waals surface area contributed by atoms with Crippen LogP contribution in [0.25, 0.3) is 10.4 Å². The number of nitrogen functional groups attached to an aromatic ring is 1. The maximum atomic E-state index is 11.3. The highest BCUT2D eigenvalue weighted by atomic mass is 32.2. The Morgan fingerprint density at radius 3 is 2.73 bits per heavy atom. The Labute approximate surface area is 135 Å². The van der Waals surface area contributed by atoms with Gasteiger partial charge in [-0.05, 0) is 11.4 Å². The van der Waals surface area contributed by atoms with E-state index in [1.54, 1.807) is 6.07 Å². The SMILES string of the molecule is COC(=O)CSc1nc(N)c(C#N)c(-c2cccs2)c1C#N. The molecular weight excluding hydrogens is 320 g/mol. The summed E-state index contributed by atoms with van der Waals surface area (Å²) >= 11 is 2.45. The monoisotopic (exact) mass is 330 g/mol. The number of rotatable bonds is 4. The lowest BCUT2D eigenvalue weighted by Crippen LogP contribution is -2.06. The summed E-state index contributed by atoms with van der Waals surface area (Å²) in [4.78, 5) is 16.1. The molecule has 2 aromatic heterocycles. The number of nitrogens with zero attached hydrogens (tertiary/aromatic N) is 3. The lowest BCUT2D eigenvalue weighted by atomic mass is 10.0. The van der Waals surface area contributed by atoms with Crippen molar-refractivity contribution in [3.8, 4) is 22.6 Å². The second-order valence-electron chi connectivity index (χ2n) is 3.99. The number of esters is 1. The molecule has 0 fully saturated rings. The number of ether oxygens (including phenoxy) is 1. The van der Waals surface area contributed by atoms with Crippen LogP contribution in [0.2, 0.25) is 0 Å². The van der Waals surface area contributed by atoms with Gasteiger partial charge in [-0.3, -0.25) is 4.79 Å². The van der Waals surface area contributed by atoms with Gasteiger partial charge in [0.15, 0.2) is 0 Å². The molecule has 0 saturated heterocycles. The van der Waals surface area contributed by atoms with Gasteiger partial charge >= 0.3 is 5.97 Å². The average molecular weight is 330 g/mol. The highest BCUT2D eigenvalue weighted by Crippen LogP contribution is 2.37. The summed E-state index contributed by atoms with van der Waals surface area (Å²) in [5.74, 6) is -0.388. The molecule has 0 bridgehead atoms. The lowest BCUT2D eigenvalue weighted by molar-refractivity contribution is -0.137. The number of carbonyl (C=O) groups is 1. The Bertz CT molecular complexity index is 789. The maximum absolute atomic E-state index is 11.3. The van der Waals surface area contributed by atoms with E-state index in [1.807, 2.05) is 17.5 Å². The summed E-state index contributed by atoms with van der Waals surface area (Å²) in [6.07, 6.45) is 0. The third-order valence-corrected chi connectivity index (χ3v) is 4.57. The molecule has 6 nitrogen and oxygen atoms in total. The van der Waals surface area contributed by atoms with Gasteiger partial charge in [-0.1, -0.05) is 17.8 Å². The molecule has 0 aliphatic rings. The molecule has 0 aromatic carbocycles. The second-order valence-corrected chi connectivity index (χ2v) is 5.90. The molecule has 22 heavy (non-hydrogen) atoms. The zero-order valence-electron chi connectivity index (χ0n) is 11.5. The van der Waals surface area contributed by atoms with E-state index in [9.17, 15) is 15.3 Å². The average Bonchev–Trinajstić information content (AvgIpc) is 3.05. The molecule has 0 amide bonds. The number of hydrogen-bond acceptors (Lipinski definition) is 8. The standard InChI is InChI=1S/C14H10N4O2S2/c1-20-11(19)7-22-14-9(6-16)12(10-3-2-4-21-10)8(5-15)13(17)18-14/h2-4H,7H2,1H3,(H2,17,18). The number of anilines is 1. The van der Waals surface area contributed by atoms with Crippen molar-refractivity contribution in [1.82, 2.24) is 4.98 Å². The molecule has 0 spiro atoms. The molecule has 0 saturated carbocycles. The van der Waals surface area contributed by atoms with Crippen LogP contribution in [0.1, 0.15) is 11.1 Å². The molecule has 2 N–H and O–H groups in total. The van der Waals surface area contributed by atoms with Crippen molar-refractivity contribution in [2.75, 3.05) is 18.6 Å². The molecule has 0 aliphatic heterocycles. The lowest BCUT2D eigenvalue weighted by Gasteiger charge is -2.11. The van der Waals surface area contributed by atoms with E-state index >= 15 is 0 Å². The Morgan fingerprint density at radius 2 is 2.18 bits per heavy atom. The quantitative estimate of drug-likeness (QED) is 0.676. The zero-order valence-corrected chi connectivity index (χ0v) is 13.1. The third-order valence-electron chi connectivity index (χ3n) is 2.74. The fraction of sp³-hybridized carbons (Fsp3) is 0.143. The molecule has 2 heterocycles. The summed E-state index contributed by atoms with van der Waals surface area (Å²) in [6, 6.07) is 7.68. The van der Waals surface area contributed by atoms with Crippen LogP contribution >= 0.6 is 23.1 Å². The van der Waals surface area contributed by atoms with Crippen LogP contribution in [-0.4, -0.2) is 23.8 Å². The van der Waals surface area contributed by atoms with Crippen molar-refractivity contribution < 1.29 is 9.53 Å². The van der Waals surface area contributed by atoms with Crippen molar-refractivity contribution in [1.29, 1.82) is 10.5 Å². The van der Waals surface area contributed by atoms with E-state index in [4.69, 9.17) is 5.73 Å². The van der Waals surface area contributed by atoms with E-state index in [0.717, 1.165) is 16.6 Å². The number of thioether (sulfide) groups is 1. The van der Waals surface area contributed by atoms with Gasteiger partial charge in [-0.2, -0.15) is 10.5 Å². The normalized spacial score (nSPS) is 9.77. The summed E-state index contributed by atoms with van der Waals surface area (Å²) < 4.78 is 4.57. The number of pyridine rings is 1. The van der Waals surface area contributed by atoms with Gasteiger partial charge in [0.05, 0.1) is 18.4 Å². The number of carbonyl (C=O) groups excluding carboxylic acids is 1. The van der Waals surface area contributed by atoms with Crippen LogP contribution in [0, 0.1) is 22.7 Å². The van der Waals surface area contributed by atoms with Crippen molar-refractivity contribution in [2.24, 2.45) is 0 Å². The van der Waals surface area contributed by atoms with Crippen LogP contribution in [-0.2, 0) is 9.53 Å². The highest BCUT2D eigenvalue weighted by molar-refractivity contribution is 7.99. The van der Waals surface area contributed by atoms with Gasteiger partial charge in [0.1, 0.15) is 28.5 Å². The first kappa shape index (κ1) is 15.8. The van der Waals surface area contributed by atoms with E-state index < -0.39 is 5.97 Å². The van der Waals surface area contributed by atoms with E-state index in [0.29, 0.717) is 10.6 Å². The Balaban J connectivity index is 2.60. The zero-order chi connectivity index (χ0) is 16.1. The number of nitrogens with two attached hydrogens (primary N) is 1. The van der Waals surface area contributed by atoms with Crippen molar-refractivity contribution in [3.05, 3.63) is 28.6 Å². The van der Waals surface area contributed by atoms with Gasteiger partial charge in [0.25, 0.3) is 0 Å². The van der Waals surface area contributed by atoms with E-state index in [-0.39, 0.29) is 22.7 Å². The van der Waals surface area contributed by atoms with Crippen LogP contribution < -0.4 is 5.73 Å². The molecule has 0 atom stereocenters. The molecule has 2 rings (SSSR count). The van der Waals surface area contributed by atoms with Crippen LogP contribution in [0.3, 0.4) is 0 Å². The molecule has 2 aromatic rings. The van der Waals surface area contributed by atoms with Gasteiger partial charge in [-0.15, -0.1) is 11.3 Å². The first-order valence-corrected chi connectivity index (χ1v) is 7.86. The van der Waals surface area contributed by atoms with E-state index in [1.165, 1.54) is 18.4 Å². The molecule has 0 aliphatic carbocycles. The van der Waals surface area contributed by atoms with Crippen LogP contribution in [0.15, 0.2) is 22.5 Å². The topological polar surface area (TPSA) is 113 Å². The predicted molar refractivity (Wildman–Crippen MR) is 84.1 cm³/mol. The minimum Gasteiger partial charge on any atom is -0.468 e. The molecule has 8 heteroatoms. The fourth-order valence-corrected chi connectivity index (χ4v) is 3.37. The van der Waals surface area contributed by atoms with Crippen LogP contribution in [0.5, 0.6) is 0 Å². The number of thiophene rings is 1. The summed E-state index contributed by atoms with van der Waals surface area (Å²) in [6.45, 7) is 0. The smallest absolute Gasteiger partial charge is 0.316 e. The van der Waals surface area contributed by atoms with Gasteiger partial charge in [0.2, 0.25) is 0 Å². The highest BCUT2D eigenvalue weighted by Gasteiger charge is 2.21. The Kier molecular flexibility index (Phi) is 4.99. The van der Waals surface area contributed by atoms with E-state index in [2.05, 4.69) is 15.8 Å². The summed E-state index contributed by atoms with van der Waals surface area (Å²) in [5, 5.41) is 20.9. The van der Waals surface area contributed by atoms with Gasteiger partial charge in [0, 0.05) is 10.4 Å². The van der Waals surface area contributed by atoms with Crippen molar-refractivity contribution in [2.45, 2.75) is 5.03 Å². The van der Waals surface area contributed by atoms with Gasteiger partial charge < -0.3 is 10.5 Å². The number of nitriles is 2. The van der Waals surface area contributed by atoms with Crippen molar-refractivity contribution in [3.63, 3.8) is 0 Å². The second kappa shape index (κ2) is 6.94. The Hall–Kier alpha value is -2.55. The summed E-state index contributed by atoms with van der Waals surface area (Å²) in [7, 11) is 1.28.